The molecule has 1 amide bonds. The van der Waals surface area contributed by atoms with E-state index in [1.165, 1.54) is 6.07 Å². The van der Waals surface area contributed by atoms with Gasteiger partial charge in [0.05, 0.1) is 31.9 Å². The van der Waals surface area contributed by atoms with Crippen LogP contribution in [0, 0.1) is 5.92 Å². The largest absolute Gasteiger partial charge is 0.871 e. The molecule has 4 rings (SSSR count). The Labute approximate surface area is 206 Å². The third-order valence-electron chi connectivity index (χ3n) is 6.72. The highest BCUT2D eigenvalue weighted by Gasteiger charge is 2.27. The van der Waals surface area contributed by atoms with Gasteiger partial charge in [-0.05, 0) is 44.9 Å². The Hall–Kier alpha value is -3.17. The van der Waals surface area contributed by atoms with E-state index in [9.17, 15) is 9.90 Å². The zero-order valence-corrected chi connectivity index (χ0v) is 20.6. The first kappa shape index (κ1) is 24.9. The maximum absolute atomic E-state index is 12.8. The smallest absolute Gasteiger partial charge is 0.271 e. The minimum atomic E-state index is -0.194. The van der Waals surface area contributed by atoms with Gasteiger partial charge in [0.2, 0.25) is 0 Å². The summed E-state index contributed by atoms with van der Waals surface area (Å²) in [4.78, 5) is 18.5. The van der Waals surface area contributed by atoms with Gasteiger partial charge in [-0.2, -0.15) is 0 Å². The Morgan fingerprint density at radius 2 is 2.11 bits per heavy atom. The normalized spacial score (nSPS) is 14.4. The lowest BCUT2D eigenvalue weighted by molar-refractivity contribution is -0.687. The molecule has 1 aliphatic heterocycles. The molecule has 2 aromatic heterocycles. The number of benzene rings is 1. The number of carbonyl (C=O) groups excluding carboxylic acids is 1. The van der Waals surface area contributed by atoms with Crippen LogP contribution in [0.15, 0.2) is 36.5 Å². The second-order valence-electron chi connectivity index (χ2n) is 8.83. The molecule has 1 fully saturated rings. The van der Waals surface area contributed by atoms with Crippen LogP contribution in [0.25, 0.3) is 11.0 Å². The van der Waals surface area contributed by atoms with Crippen LogP contribution in [-0.4, -0.2) is 46.7 Å². The van der Waals surface area contributed by atoms with Gasteiger partial charge in [-0.15, -0.1) is 0 Å². The summed E-state index contributed by atoms with van der Waals surface area (Å²) in [5.41, 5.74) is 8.69. The van der Waals surface area contributed by atoms with E-state index in [-0.39, 0.29) is 24.8 Å². The summed E-state index contributed by atoms with van der Waals surface area (Å²) >= 11 is 0. The molecule has 0 atom stereocenters. The fourth-order valence-corrected chi connectivity index (χ4v) is 4.76. The Morgan fingerprint density at radius 1 is 1.31 bits per heavy atom. The number of aromatic nitrogens is 3. The van der Waals surface area contributed by atoms with Crippen LogP contribution in [0.2, 0.25) is 0 Å². The van der Waals surface area contributed by atoms with Crippen molar-refractivity contribution in [3.05, 3.63) is 48.0 Å². The van der Waals surface area contributed by atoms with Gasteiger partial charge in [-0.1, -0.05) is 11.8 Å². The van der Waals surface area contributed by atoms with E-state index in [0.717, 1.165) is 56.0 Å². The lowest BCUT2D eigenvalue weighted by Crippen LogP contribution is -2.43. The van der Waals surface area contributed by atoms with Crippen molar-refractivity contribution >= 4 is 16.9 Å². The quantitative estimate of drug-likeness (QED) is 0.442. The van der Waals surface area contributed by atoms with Crippen molar-refractivity contribution in [2.45, 2.75) is 52.9 Å². The summed E-state index contributed by atoms with van der Waals surface area (Å²) in [6, 6.07) is 8.99. The number of rotatable bonds is 10. The molecule has 1 saturated heterocycles. The van der Waals surface area contributed by atoms with E-state index in [4.69, 9.17) is 15.2 Å². The summed E-state index contributed by atoms with van der Waals surface area (Å²) < 4.78 is 16.0. The number of hydrogen-bond acceptors (Lipinski definition) is 6. The molecule has 9 nitrogen and oxygen atoms in total. The van der Waals surface area contributed by atoms with Crippen molar-refractivity contribution in [3.8, 4) is 11.5 Å². The fraction of sp³-hybridized carbons (Fsp3) is 0.500. The SMILES string of the molecule is CCN(Cc1ncccc1[O-])C(=O)COc1ccc2c(c1)n(CC)c(CN)[n+]2CC1CCOCC1. The van der Waals surface area contributed by atoms with Gasteiger partial charge in [0.15, 0.2) is 17.6 Å². The molecule has 188 valence electrons. The van der Waals surface area contributed by atoms with E-state index in [2.05, 4.69) is 27.1 Å². The van der Waals surface area contributed by atoms with Crippen molar-refractivity contribution in [2.75, 3.05) is 26.4 Å². The summed E-state index contributed by atoms with van der Waals surface area (Å²) in [5.74, 6) is 1.91. The van der Waals surface area contributed by atoms with Gasteiger partial charge in [-0.3, -0.25) is 9.78 Å². The molecular formula is C26H35N5O4. The van der Waals surface area contributed by atoms with E-state index in [0.29, 0.717) is 30.5 Å². The first-order valence-corrected chi connectivity index (χ1v) is 12.4. The van der Waals surface area contributed by atoms with Crippen LogP contribution >= 0.6 is 0 Å². The van der Waals surface area contributed by atoms with E-state index in [1.54, 1.807) is 17.2 Å². The van der Waals surface area contributed by atoms with Gasteiger partial charge < -0.3 is 25.2 Å². The van der Waals surface area contributed by atoms with Crippen molar-refractivity contribution in [2.24, 2.45) is 11.7 Å². The topological polar surface area (TPSA) is 110 Å². The summed E-state index contributed by atoms with van der Waals surface area (Å²) in [6.45, 7) is 8.27. The van der Waals surface area contributed by atoms with Crippen molar-refractivity contribution in [1.82, 2.24) is 14.5 Å². The minimum absolute atomic E-state index is 0.112. The van der Waals surface area contributed by atoms with E-state index >= 15 is 0 Å². The molecule has 1 aromatic carbocycles. The molecule has 3 aromatic rings. The minimum Gasteiger partial charge on any atom is -0.871 e. The number of hydrogen-bond donors (Lipinski definition) is 1. The van der Waals surface area contributed by atoms with Crippen LogP contribution in [0.1, 0.15) is 38.2 Å². The number of likely N-dealkylation sites (N-methyl/N-ethyl adjacent to an activating group) is 1. The molecule has 9 heteroatoms. The predicted octanol–water partition coefficient (Wildman–Crippen LogP) is 1.73. The second-order valence-corrected chi connectivity index (χ2v) is 8.83. The van der Waals surface area contributed by atoms with Crippen LogP contribution in [0.5, 0.6) is 11.5 Å². The third kappa shape index (κ3) is 5.57. The number of aryl methyl sites for hydroxylation is 1. The number of nitrogens with zero attached hydrogens (tertiary/aromatic N) is 4. The first-order valence-electron chi connectivity index (χ1n) is 12.4. The lowest BCUT2D eigenvalue weighted by atomic mass is 10.0. The van der Waals surface area contributed by atoms with Gasteiger partial charge in [0.25, 0.3) is 11.7 Å². The van der Waals surface area contributed by atoms with Crippen molar-refractivity contribution in [1.29, 1.82) is 0 Å². The highest BCUT2D eigenvalue weighted by atomic mass is 16.5. The summed E-state index contributed by atoms with van der Waals surface area (Å²) in [5, 5.41) is 12.0. The predicted molar refractivity (Wildman–Crippen MR) is 130 cm³/mol. The third-order valence-corrected chi connectivity index (χ3v) is 6.72. The van der Waals surface area contributed by atoms with Crippen molar-refractivity contribution < 1.29 is 23.9 Å². The second kappa shape index (κ2) is 11.5. The highest BCUT2D eigenvalue weighted by molar-refractivity contribution is 5.78. The monoisotopic (exact) mass is 481 g/mol. The highest BCUT2D eigenvalue weighted by Crippen LogP contribution is 2.24. The molecule has 0 saturated carbocycles. The molecule has 2 N–H and O–H groups in total. The van der Waals surface area contributed by atoms with E-state index in [1.807, 2.05) is 19.1 Å². The molecule has 3 heterocycles. The van der Waals surface area contributed by atoms with Crippen LogP contribution < -0.4 is 20.1 Å². The number of ether oxygens (including phenoxy) is 2. The summed E-state index contributed by atoms with van der Waals surface area (Å²) in [7, 11) is 0. The molecule has 0 unspecified atom stereocenters. The Morgan fingerprint density at radius 3 is 2.80 bits per heavy atom. The van der Waals surface area contributed by atoms with E-state index < -0.39 is 0 Å². The molecule has 0 aliphatic carbocycles. The van der Waals surface area contributed by atoms with Crippen LogP contribution in [-0.2, 0) is 35.7 Å². The standard InChI is InChI=1S/C26H35N5O4/c1-3-29(17-21-24(32)6-5-11-28-21)26(33)18-35-20-7-8-22-23(14-20)30(4-2)25(15-27)31(22)16-19-9-12-34-13-10-19/h5-8,11,14,19H,3-4,9-10,12-13,15-18,27H2,1-2H3. The van der Waals surface area contributed by atoms with Gasteiger partial charge in [-0.25, -0.2) is 9.13 Å². The van der Waals surface area contributed by atoms with Gasteiger partial charge in [0.1, 0.15) is 5.75 Å². The zero-order valence-electron chi connectivity index (χ0n) is 20.6. The van der Waals surface area contributed by atoms with Crippen LogP contribution in [0.4, 0.5) is 0 Å². The summed E-state index contributed by atoms with van der Waals surface area (Å²) in [6.07, 6.45) is 3.67. The number of pyridine rings is 1. The van der Waals surface area contributed by atoms with Crippen LogP contribution in [0.3, 0.4) is 0 Å². The molecule has 0 radical (unpaired) electrons. The maximum atomic E-state index is 12.8. The molecular weight excluding hydrogens is 446 g/mol. The number of amides is 1. The Balaban J connectivity index is 1.50. The fourth-order valence-electron chi connectivity index (χ4n) is 4.76. The Bertz CT molecular complexity index is 1160. The zero-order chi connectivity index (χ0) is 24.8. The first-order chi connectivity index (χ1) is 17.0. The number of carbonyl (C=O) groups is 1. The molecule has 0 spiro atoms. The van der Waals surface area contributed by atoms with Gasteiger partial charge >= 0.3 is 0 Å². The average molecular weight is 482 g/mol. The molecule has 1 aliphatic rings. The maximum Gasteiger partial charge on any atom is 0.271 e. The molecule has 35 heavy (non-hydrogen) atoms. The number of nitrogens with two attached hydrogens (primary N) is 1. The number of fused-ring (bicyclic) bond motifs is 1. The average Bonchev–Trinajstić information content (AvgIpc) is 3.18. The van der Waals surface area contributed by atoms with Gasteiger partial charge in [0, 0.05) is 37.9 Å². The molecule has 0 bridgehead atoms. The number of imidazole rings is 1. The van der Waals surface area contributed by atoms with Crippen molar-refractivity contribution in [3.63, 3.8) is 0 Å². The Kier molecular flexibility index (Phi) is 8.20. The lowest BCUT2D eigenvalue weighted by Gasteiger charge is -2.23.